The topological polar surface area (TPSA) is 69.7 Å². The van der Waals surface area contributed by atoms with E-state index >= 15 is 0 Å². The SMILES string of the molecule is CC(C)CCN1C(=O)[C@H]2CC3C=CC2([C@@H]1C(=O)NCCc1ccccc1)N3C(=O)CCc1ccccc1. The lowest BCUT2D eigenvalue weighted by Gasteiger charge is -2.40. The molecule has 2 aromatic carbocycles. The lowest BCUT2D eigenvalue weighted by molar-refractivity contribution is -0.141. The number of hydrogen-bond donors (Lipinski definition) is 1. The molecule has 3 amide bonds. The summed E-state index contributed by atoms with van der Waals surface area (Å²) in [5.41, 5.74) is 1.36. The van der Waals surface area contributed by atoms with Crippen LogP contribution in [0.3, 0.4) is 0 Å². The van der Waals surface area contributed by atoms with Crippen molar-refractivity contribution >= 4 is 17.7 Å². The van der Waals surface area contributed by atoms with Crippen molar-refractivity contribution in [2.45, 2.75) is 63.6 Å². The summed E-state index contributed by atoms with van der Waals surface area (Å²) in [6.45, 7) is 5.26. The zero-order valence-electron chi connectivity index (χ0n) is 21.8. The van der Waals surface area contributed by atoms with Crippen LogP contribution in [0, 0.1) is 11.8 Å². The minimum Gasteiger partial charge on any atom is -0.354 e. The molecule has 5 rings (SSSR count). The average molecular weight is 500 g/mol. The third kappa shape index (κ3) is 4.70. The first-order valence-electron chi connectivity index (χ1n) is 13.6. The minimum absolute atomic E-state index is 0.0107. The summed E-state index contributed by atoms with van der Waals surface area (Å²) >= 11 is 0. The third-order valence-corrected chi connectivity index (χ3v) is 8.19. The Labute approximate surface area is 219 Å². The number of hydrogen-bond acceptors (Lipinski definition) is 3. The summed E-state index contributed by atoms with van der Waals surface area (Å²) < 4.78 is 0. The van der Waals surface area contributed by atoms with Gasteiger partial charge < -0.3 is 15.1 Å². The number of carbonyl (C=O) groups is 3. The fourth-order valence-electron chi connectivity index (χ4n) is 6.38. The van der Waals surface area contributed by atoms with Crippen molar-refractivity contribution in [2.75, 3.05) is 13.1 Å². The molecule has 2 bridgehead atoms. The first-order valence-corrected chi connectivity index (χ1v) is 13.6. The Balaban J connectivity index is 1.38. The third-order valence-electron chi connectivity index (χ3n) is 8.19. The molecule has 4 atom stereocenters. The number of likely N-dealkylation sites (tertiary alicyclic amines) is 1. The second kappa shape index (κ2) is 10.5. The van der Waals surface area contributed by atoms with Crippen molar-refractivity contribution in [2.24, 2.45) is 11.8 Å². The Morgan fingerprint density at radius 2 is 1.65 bits per heavy atom. The van der Waals surface area contributed by atoms with E-state index in [9.17, 15) is 14.4 Å². The molecule has 1 spiro atoms. The highest BCUT2D eigenvalue weighted by molar-refractivity contribution is 5.99. The van der Waals surface area contributed by atoms with Gasteiger partial charge in [-0.05, 0) is 42.7 Å². The quantitative estimate of drug-likeness (QED) is 0.506. The Bertz CT molecular complexity index is 1160. The van der Waals surface area contributed by atoms with E-state index in [1.165, 1.54) is 0 Å². The standard InChI is InChI=1S/C31H37N3O3/c1-22(2)17-20-33-28(29(36)32-19-16-24-11-7-4-8-12-24)31-18-15-25(21-26(31)30(33)37)34(31)27(35)14-13-23-9-5-3-6-10-23/h3-12,15,18,22,25-26,28H,13-14,16-17,19-21H2,1-2H3,(H,32,36)/t25?,26-,28+,31?/m1/s1. The van der Waals surface area contributed by atoms with Crippen LogP contribution in [0.1, 0.15) is 44.2 Å². The molecule has 2 unspecified atom stereocenters. The van der Waals surface area contributed by atoms with Gasteiger partial charge in [-0.2, -0.15) is 0 Å². The molecule has 2 aromatic rings. The van der Waals surface area contributed by atoms with Crippen LogP contribution >= 0.6 is 0 Å². The van der Waals surface area contributed by atoms with E-state index in [-0.39, 0.29) is 29.7 Å². The number of nitrogens with zero attached hydrogens (tertiary/aromatic N) is 2. The maximum atomic E-state index is 13.8. The molecule has 0 aliphatic carbocycles. The van der Waals surface area contributed by atoms with Crippen LogP contribution in [-0.2, 0) is 27.2 Å². The molecular weight excluding hydrogens is 462 g/mol. The molecule has 2 saturated heterocycles. The largest absolute Gasteiger partial charge is 0.354 e. The molecule has 0 aromatic heterocycles. The highest BCUT2D eigenvalue weighted by Crippen LogP contribution is 2.54. The highest BCUT2D eigenvalue weighted by atomic mass is 16.2. The van der Waals surface area contributed by atoms with Gasteiger partial charge in [-0.25, -0.2) is 0 Å². The van der Waals surface area contributed by atoms with E-state index in [4.69, 9.17) is 0 Å². The van der Waals surface area contributed by atoms with Crippen LogP contribution in [0.15, 0.2) is 72.8 Å². The molecular formula is C31H37N3O3. The summed E-state index contributed by atoms with van der Waals surface area (Å²) in [5, 5.41) is 3.11. The fourth-order valence-corrected chi connectivity index (χ4v) is 6.38. The number of carbonyl (C=O) groups excluding carboxylic acids is 3. The molecule has 0 radical (unpaired) electrons. The lowest BCUT2D eigenvalue weighted by Crippen LogP contribution is -2.61. The summed E-state index contributed by atoms with van der Waals surface area (Å²) in [4.78, 5) is 44.9. The first kappa shape index (κ1) is 25.2. The van der Waals surface area contributed by atoms with Crippen LogP contribution in [0.5, 0.6) is 0 Å². The van der Waals surface area contributed by atoms with Crippen LogP contribution < -0.4 is 5.32 Å². The molecule has 1 N–H and O–H groups in total. The Morgan fingerprint density at radius 3 is 2.30 bits per heavy atom. The fraction of sp³-hybridized carbons (Fsp3) is 0.452. The smallest absolute Gasteiger partial charge is 0.245 e. The second-order valence-electron chi connectivity index (χ2n) is 11.0. The normalized spacial score (nSPS) is 25.7. The Kier molecular flexibility index (Phi) is 7.18. The predicted molar refractivity (Wildman–Crippen MR) is 143 cm³/mol. The van der Waals surface area contributed by atoms with Crippen LogP contribution in [0.25, 0.3) is 0 Å². The molecule has 37 heavy (non-hydrogen) atoms. The minimum atomic E-state index is -0.899. The number of fused-ring (bicyclic) bond motifs is 1. The van der Waals surface area contributed by atoms with Gasteiger partial charge in [0.1, 0.15) is 11.6 Å². The zero-order chi connectivity index (χ0) is 26.0. The first-order chi connectivity index (χ1) is 17.9. The summed E-state index contributed by atoms with van der Waals surface area (Å²) in [6, 6.07) is 19.2. The van der Waals surface area contributed by atoms with E-state index in [0.717, 1.165) is 17.5 Å². The van der Waals surface area contributed by atoms with Gasteiger partial charge in [-0.3, -0.25) is 14.4 Å². The monoisotopic (exact) mass is 499 g/mol. The van der Waals surface area contributed by atoms with Crippen molar-refractivity contribution < 1.29 is 14.4 Å². The number of amides is 3. The maximum Gasteiger partial charge on any atom is 0.245 e. The van der Waals surface area contributed by atoms with Crippen molar-refractivity contribution in [1.82, 2.24) is 15.1 Å². The van der Waals surface area contributed by atoms with E-state index in [0.29, 0.717) is 44.7 Å². The molecule has 6 nitrogen and oxygen atoms in total. The summed E-state index contributed by atoms with van der Waals surface area (Å²) in [6.07, 6.45) is 7.17. The number of nitrogens with one attached hydrogen (secondary N) is 1. The molecule has 2 fully saturated rings. The van der Waals surface area contributed by atoms with Crippen molar-refractivity contribution in [3.8, 4) is 0 Å². The van der Waals surface area contributed by atoms with Gasteiger partial charge in [0.2, 0.25) is 17.7 Å². The van der Waals surface area contributed by atoms with Gasteiger partial charge >= 0.3 is 0 Å². The zero-order valence-corrected chi connectivity index (χ0v) is 21.8. The molecule has 3 aliphatic rings. The number of benzene rings is 2. The van der Waals surface area contributed by atoms with E-state index in [1.807, 2.05) is 77.7 Å². The van der Waals surface area contributed by atoms with Gasteiger partial charge in [-0.15, -0.1) is 0 Å². The molecule has 3 heterocycles. The van der Waals surface area contributed by atoms with Gasteiger partial charge in [0.05, 0.1) is 12.0 Å². The summed E-state index contributed by atoms with van der Waals surface area (Å²) in [5.74, 6) is -0.0923. The van der Waals surface area contributed by atoms with Crippen molar-refractivity contribution in [3.63, 3.8) is 0 Å². The summed E-state index contributed by atoms with van der Waals surface area (Å²) in [7, 11) is 0. The van der Waals surface area contributed by atoms with Gasteiger partial charge in [0.25, 0.3) is 0 Å². The molecule has 0 saturated carbocycles. The van der Waals surface area contributed by atoms with Crippen LogP contribution in [0.4, 0.5) is 0 Å². The van der Waals surface area contributed by atoms with E-state index in [1.54, 1.807) is 4.90 Å². The average Bonchev–Trinajstić information content (AvgIpc) is 3.51. The van der Waals surface area contributed by atoms with Gasteiger partial charge in [0, 0.05) is 19.5 Å². The van der Waals surface area contributed by atoms with E-state index in [2.05, 4.69) is 19.2 Å². The molecule has 3 aliphatic heterocycles. The Morgan fingerprint density at radius 1 is 1.00 bits per heavy atom. The maximum absolute atomic E-state index is 13.8. The lowest BCUT2D eigenvalue weighted by atomic mass is 9.79. The number of aryl methyl sites for hydroxylation is 1. The van der Waals surface area contributed by atoms with Crippen molar-refractivity contribution in [1.29, 1.82) is 0 Å². The highest BCUT2D eigenvalue weighted by Gasteiger charge is 2.70. The van der Waals surface area contributed by atoms with Gasteiger partial charge in [0.15, 0.2) is 0 Å². The molecule has 194 valence electrons. The van der Waals surface area contributed by atoms with Crippen molar-refractivity contribution in [3.05, 3.63) is 83.9 Å². The van der Waals surface area contributed by atoms with Crippen LogP contribution in [0.2, 0.25) is 0 Å². The van der Waals surface area contributed by atoms with Gasteiger partial charge in [-0.1, -0.05) is 86.7 Å². The van der Waals surface area contributed by atoms with Crippen LogP contribution in [-0.4, -0.2) is 58.2 Å². The number of rotatable bonds is 10. The second-order valence-corrected chi connectivity index (χ2v) is 11.0. The van der Waals surface area contributed by atoms with E-state index < -0.39 is 11.6 Å². The Hall–Kier alpha value is -3.41. The molecule has 6 heteroatoms. The predicted octanol–water partition coefficient (Wildman–Crippen LogP) is 3.76.